The highest BCUT2D eigenvalue weighted by Crippen LogP contribution is 2.45. The van der Waals surface area contributed by atoms with E-state index in [-0.39, 0.29) is 12.0 Å². The zero-order valence-electron chi connectivity index (χ0n) is 7.78. The van der Waals surface area contributed by atoms with E-state index in [9.17, 15) is 0 Å². The molecule has 3 rings (SSSR count). The van der Waals surface area contributed by atoms with Crippen LogP contribution in [-0.2, 0) is 0 Å². The molecule has 1 aliphatic carbocycles. The number of rotatable bonds is 0. The van der Waals surface area contributed by atoms with Crippen molar-refractivity contribution in [3.63, 3.8) is 0 Å². The number of benzene rings is 1. The van der Waals surface area contributed by atoms with E-state index in [0.29, 0.717) is 0 Å². The first kappa shape index (κ1) is 9.49. The molecule has 15 heavy (non-hydrogen) atoms. The van der Waals surface area contributed by atoms with Crippen molar-refractivity contribution in [3.8, 4) is 5.75 Å². The second-order valence-electron chi connectivity index (χ2n) is 3.67. The predicted octanol–water partition coefficient (Wildman–Crippen LogP) is 3.99. The number of allylic oxidation sites excluding steroid dienone is 2. The number of hydrogen-bond acceptors (Lipinski definition) is 1. The Balaban J connectivity index is 2.15. The SMILES string of the molecule is ClC1=CC2c3c(Br)cccc3OC2C=C1. The van der Waals surface area contributed by atoms with Gasteiger partial charge in [0, 0.05) is 21.0 Å². The Bertz CT molecular complexity index is 479. The molecular weight excluding hydrogens is 275 g/mol. The summed E-state index contributed by atoms with van der Waals surface area (Å²) in [6.45, 7) is 0. The van der Waals surface area contributed by atoms with E-state index in [4.69, 9.17) is 16.3 Å². The smallest absolute Gasteiger partial charge is 0.128 e. The quantitative estimate of drug-likeness (QED) is 0.699. The monoisotopic (exact) mass is 282 g/mol. The standard InChI is InChI=1S/C12H8BrClO/c13-9-2-1-3-11-12(9)8-6-7(14)4-5-10(8)15-11/h1-6,8,10H. The third-order valence-corrected chi connectivity index (χ3v) is 3.69. The molecular formula is C12H8BrClO. The Morgan fingerprint density at radius 1 is 1.33 bits per heavy atom. The molecule has 1 aliphatic heterocycles. The molecule has 2 unspecified atom stereocenters. The van der Waals surface area contributed by atoms with Gasteiger partial charge < -0.3 is 4.74 Å². The molecule has 0 radical (unpaired) electrons. The van der Waals surface area contributed by atoms with Gasteiger partial charge in [-0.15, -0.1) is 0 Å². The first-order valence-corrected chi connectivity index (χ1v) is 5.93. The van der Waals surface area contributed by atoms with Crippen LogP contribution in [-0.4, -0.2) is 6.10 Å². The molecule has 1 heterocycles. The summed E-state index contributed by atoms with van der Waals surface area (Å²) in [6, 6.07) is 6.01. The second kappa shape index (κ2) is 3.39. The summed E-state index contributed by atoms with van der Waals surface area (Å²) >= 11 is 9.56. The molecule has 1 nitrogen and oxygen atoms in total. The van der Waals surface area contributed by atoms with Gasteiger partial charge in [-0.2, -0.15) is 0 Å². The fourth-order valence-corrected chi connectivity index (χ4v) is 2.90. The Morgan fingerprint density at radius 2 is 2.20 bits per heavy atom. The van der Waals surface area contributed by atoms with Crippen molar-refractivity contribution in [1.29, 1.82) is 0 Å². The lowest BCUT2D eigenvalue weighted by molar-refractivity contribution is 0.268. The van der Waals surface area contributed by atoms with Crippen molar-refractivity contribution in [2.75, 3.05) is 0 Å². The Hall–Kier alpha value is -0.730. The molecule has 2 atom stereocenters. The van der Waals surface area contributed by atoms with Gasteiger partial charge in [0.2, 0.25) is 0 Å². The van der Waals surface area contributed by atoms with Crippen molar-refractivity contribution >= 4 is 27.5 Å². The summed E-state index contributed by atoms with van der Waals surface area (Å²) in [6.07, 6.45) is 6.05. The highest BCUT2D eigenvalue weighted by Gasteiger charge is 2.34. The number of hydrogen-bond donors (Lipinski definition) is 0. The summed E-state index contributed by atoms with van der Waals surface area (Å²) in [5.41, 5.74) is 1.20. The molecule has 0 saturated heterocycles. The third kappa shape index (κ3) is 1.44. The van der Waals surface area contributed by atoms with Crippen LogP contribution in [0.1, 0.15) is 11.5 Å². The van der Waals surface area contributed by atoms with Crippen molar-refractivity contribution in [2.24, 2.45) is 0 Å². The second-order valence-corrected chi connectivity index (χ2v) is 4.96. The normalized spacial score (nSPS) is 26.7. The van der Waals surface area contributed by atoms with Gasteiger partial charge in [0.1, 0.15) is 11.9 Å². The molecule has 0 amide bonds. The number of ether oxygens (including phenoxy) is 1. The van der Waals surface area contributed by atoms with Crippen LogP contribution in [0.5, 0.6) is 5.75 Å². The van der Waals surface area contributed by atoms with Gasteiger partial charge in [-0.3, -0.25) is 0 Å². The minimum atomic E-state index is 0.0983. The van der Waals surface area contributed by atoms with E-state index >= 15 is 0 Å². The fraction of sp³-hybridized carbons (Fsp3) is 0.167. The van der Waals surface area contributed by atoms with Gasteiger partial charge in [0.25, 0.3) is 0 Å². The molecule has 0 saturated carbocycles. The number of halogens is 2. The Labute approximate surface area is 102 Å². The minimum Gasteiger partial charge on any atom is -0.485 e. The van der Waals surface area contributed by atoms with Crippen molar-refractivity contribution in [3.05, 3.63) is 51.5 Å². The Morgan fingerprint density at radius 3 is 3.07 bits per heavy atom. The van der Waals surface area contributed by atoms with Gasteiger partial charge >= 0.3 is 0 Å². The maximum atomic E-state index is 6.01. The van der Waals surface area contributed by atoms with E-state index in [0.717, 1.165) is 15.3 Å². The van der Waals surface area contributed by atoms with Crippen LogP contribution in [0.25, 0.3) is 0 Å². The molecule has 0 N–H and O–H groups in total. The topological polar surface area (TPSA) is 9.23 Å². The summed E-state index contributed by atoms with van der Waals surface area (Å²) in [5.74, 6) is 1.19. The predicted molar refractivity (Wildman–Crippen MR) is 64.4 cm³/mol. The summed E-state index contributed by atoms with van der Waals surface area (Å²) in [7, 11) is 0. The van der Waals surface area contributed by atoms with E-state index in [1.54, 1.807) is 0 Å². The van der Waals surface area contributed by atoms with E-state index in [1.165, 1.54) is 5.56 Å². The number of fused-ring (bicyclic) bond motifs is 3. The van der Waals surface area contributed by atoms with Crippen LogP contribution in [0, 0.1) is 0 Å². The molecule has 3 heteroatoms. The third-order valence-electron chi connectivity index (χ3n) is 2.75. The van der Waals surface area contributed by atoms with Gasteiger partial charge in [0.05, 0.1) is 0 Å². The lowest BCUT2D eigenvalue weighted by atomic mass is 9.92. The van der Waals surface area contributed by atoms with Crippen LogP contribution < -0.4 is 4.74 Å². The van der Waals surface area contributed by atoms with E-state index in [1.807, 2.05) is 36.4 Å². The van der Waals surface area contributed by atoms with E-state index < -0.39 is 0 Å². The lowest BCUT2D eigenvalue weighted by Crippen LogP contribution is -2.16. The average molecular weight is 284 g/mol. The molecule has 0 spiro atoms. The molecule has 2 aliphatic rings. The van der Waals surface area contributed by atoms with Crippen LogP contribution in [0.15, 0.2) is 45.9 Å². The zero-order valence-corrected chi connectivity index (χ0v) is 10.1. The summed E-state index contributed by atoms with van der Waals surface area (Å²) in [4.78, 5) is 0. The lowest BCUT2D eigenvalue weighted by Gasteiger charge is -2.16. The van der Waals surface area contributed by atoms with Gasteiger partial charge in [-0.25, -0.2) is 0 Å². The van der Waals surface area contributed by atoms with Crippen LogP contribution in [0.4, 0.5) is 0 Å². The average Bonchev–Trinajstić information content (AvgIpc) is 2.57. The molecule has 0 bridgehead atoms. The minimum absolute atomic E-state index is 0.0983. The van der Waals surface area contributed by atoms with Crippen molar-refractivity contribution in [1.82, 2.24) is 0 Å². The van der Waals surface area contributed by atoms with E-state index in [2.05, 4.69) is 15.9 Å². The maximum Gasteiger partial charge on any atom is 0.128 e. The Kier molecular flexibility index (Phi) is 2.15. The fourth-order valence-electron chi connectivity index (χ4n) is 2.08. The first-order valence-electron chi connectivity index (χ1n) is 4.76. The molecule has 1 aromatic carbocycles. The largest absolute Gasteiger partial charge is 0.485 e. The zero-order chi connectivity index (χ0) is 10.4. The first-order chi connectivity index (χ1) is 7.25. The van der Waals surface area contributed by atoms with Crippen LogP contribution >= 0.6 is 27.5 Å². The summed E-state index contributed by atoms with van der Waals surface area (Å²) in [5, 5.41) is 0.781. The molecule has 76 valence electrons. The van der Waals surface area contributed by atoms with Crippen LogP contribution in [0.2, 0.25) is 0 Å². The summed E-state index contributed by atoms with van der Waals surface area (Å²) < 4.78 is 6.91. The molecule has 0 aromatic heterocycles. The highest BCUT2D eigenvalue weighted by molar-refractivity contribution is 9.10. The molecule has 0 fully saturated rings. The van der Waals surface area contributed by atoms with Gasteiger partial charge in [-0.05, 0) is 24.3 Å². The van der Waals surface area contributed by atoms with Gasteiger partial charge in [0.15, 0.2) is 0 Å². The van der Waals surface area contributed by atoms with Crippen molar-refractivity contribution < 1.29 is 4.74 Å². The highest BCUT2D eigenvalue weighted by atomic mass is 79.9. The molecule has 1 aromatic rings. The maximum absolute atomic E-state index is 6.01. The van der Waals surface area contributed by atoms with Gasteiger partial charge in [-0.1, -0.05) is 39.7 Å². The van der Waals surface area contributed by atoms with Crippen molar-refractivity contribution in [2.45, 2.75) is 12.0 Å². The van der Waals surface area contributed by atoms with Crippen LogP contribution in [0.3, 0.4) is 0 Å².